The van der Waals surface area contributed by atoms with Crippen LogP contribution in [0.5, 0.6) is 5.75 Å². The van der Waals surface area contributed by atoms with Gasteiger partial charge >= 0.3 is 0 Å². The molecule has 3 N–H and O–H groups in total. The van der Waals surface area contributed by atoms with Crippen molar-refractivity contribution in [1.29, 1.82) is 0 Å². The number of nitrogen functional groups attached to an aromatic ring is 1. The first kappa shape index (κ1) is 13.9. The van der Waals surface area contributed by atoms with E-state index >= 15 is 0 Å². The van der Waals surface area contributed by atoms with Gasteiger partial charge in [-0.15, -0.1) is 0 Å². The molecule has 4 nitrogen and oxygen atoms in total. The van der Waals surface area contributed by atoms with E-state index in [0.717, 1.165) is 24.3 Å². The molecular formula is C17H21N3O. The number of likely N-dealkylation sites (N-methyl/N-ethyl adjacent to an activating group) is 1. The highest BCUT2D eigenvalue weighted by atomic mass is 16.5. The average Bonchev–Trinajstić information content (AvgIpc) is 2.51. The Bertz CT molecular complexity index is 621. The Morgan fingerprint density at radius 2 is 2.14 bits per heavy atom. The minimum atomic E-state index is 0.142. The highest BCUT2D eigenvalue weighted by Crippen LogP contribution is 2.42. The van der Waals surface area contributed by atoms with Crippen LogP contribution in [0.1, 0.15) is 35.1 Å². The van der Waals surface area contributed by atoms with Gasteiger partial charge in [0.05, 0.1) is 6.61 Å². The van der Waals surface area contributed by atoms with E-state index < -0.39 is 0 Å². The molecule has 1 aromatic carbocycles. The van der Waals surface area contributed by atoms with Crippen molar-refractivity contribution in [2.24, 2.45) is 0 Å². The first-order chi connectivity index (χ1) is 10.2. The Morgan fingerprint density at radius 1 is 1.33 bits per heavy atom. The summed E-state index contributed by atoms with van der Waals surface area (Å²) < 4.78 is 5.77. The van der Waals surface area contributed by atoms with Crippen LogP contribution in [0.2, 0.25) is 0 Å². The maximum absolute atomic E-state index is 6.14. The molecule has 0 aliphatic carbocycles. The molecule has 0 fully saturated rings. The van der Waals surface area contributed by atoms with Gasteiger partial charge in [0.25, 0.3) is 0 Å². The minimum Gasteiger partial charge on any atom is -0.493 e. The molecule has 1 aromatic heterocycles. The van der Waals surface area contributed by atoms with Gasteiger partial charge in [-0.1, -0.05) is 18.2 Å². The third-order valence-electron chi connectivity index (χ3n) is 4.27. The molecule has 1 aliphatic rings. The second-order valence-electron chi connectivity index (χ2n) is 5.47. The van der Waals surface area contributed by atoms with E-state index in [9.17, 15) is 0 Å². The number of hydrogen-bond acceptors (Lipinski definition) is 4. The Morgan fingerprint density at radius 3 is 2.90 bits per heavy atom. The zero-order valence-corrected chi connectivity index (χ0v) is 12.5. The minimum absolute atomic E-state index is 0.142. The number of aromatic nitrogens is 1. The maximum atomic E-state index is 6.14. The topological polar surface area (TPSA) is 60.2 Å². The van der Waals surface area contributed by atoms with Gasteiger partial charge in [-0.3, -0.25) is 0 Å². The second-order valence-corrected chi connectivity index (χ2v) is 5.47. The molecule has 21 heavy (non-hydrogen) atoms. The van der Waals surface area contributed by atoms with E-state index in [2.05, 4.69) is 29.4 Å². The Hall–Kier alpha value is -2.07. The van der Waals surface area contributed by atoms with Crippen molar-refractivity contribution in [3.8, 4) is 5.75 Å². The third-order valence-corrected chi connectivity index (χ3v) is 4.27. The van der Waals surface area contributed by atoms with Gasteiger partial charge in [0.15, 0.2) is 0 Å². The molecule has 0 radical (unpaired) electrons. The number of nitrogens with two attached hydrogens (primary N) is 1. The smallest absolute Gasteiger partial charge is 0.128 e. The van der Waals surface area contributed by atoms with Crippen LogP contribution in [-0.4, -0.2) is 18.6 Å². The van der Waals surface area contributed by atoms with Crippen molar-refractivity contribution in [3.05, 3.63) is 53.2 Å². The first-order valence-electron chi connectivity index (χ1n) is 7.32. The summed E-state index contributed by atoms with van der Waals surface area (Å²) in [6.07, 6.45) is 2.73. The van der Waals surface area contributed by atoms with Gasteiger partial charge in [-0.2, -0.15) is 0 Å². The fraction of sp³-hybridized carbons (Fsp3) is 0.353. The average molecular weight is 283 g/mol. The summed E-state index contributed by atoms with van der Waals surface area (Å²) in [6, 6.07) is 10.4. The molecule has 2 atom stereocenters. The fourth-order valence-corrected chi connectivity index (χ4v) is 3.26. The zero-order valence-electron chi connectivity index (χ0n) is 12.5. The van der Waals surface area contributed by atoms with Gasteiger partial charge in [-0.05, 0) is 43.7 Å². The van der Waals surface area contributed by atoms with E-state index in [1.165, 1.54) is 11.1 Å². The standard InChI is InChI=1S/C17H21N3O/c1-11-7-9-20-17(18)15(11)16(19-2)13-8-10-21-14-6-4-3-5-12(13)14/h3-7,9,13,16,19H,8,10H2,1-2H3,(H2,18,20). The van der Waals surface area contributed by atoms with Crippen molar-refractivity contribution >= 4 is 5.82 Å². The summed E-state index contributed by atoms with van der Waals surface area (Å²) in [5, 5.41) is 3.44. The summed E-state index contributed by atoms with van der Waals surface area (Å²) in [7, 11) is 1.98. The van der Waals surface area contributed by atoms with Gasteiger partial charge < -0.3 is 15.8 Å². The lowest BCUT2D eigenvalue weighted by molar-refractivity contribution is 0.248. The number of nitrogens with one attached hydrogen (secondary N) is 1. The SMILES string of the molecule is CNC(c1c(C)ccnc1N)C1CCOc2ccccc21. The Balaban J connectivity index is 2.06. The summed E-state index contributed by atoms with van der Waals surface area (Å²) in [5.74, 6) is 1.93. The van der Waals surface area contributed by atoms with E-state index in [1.54, 1.807) is 6.20 Å². The normalized spacial score (nSPS) is 18.7. The van der Waals surface area contributed by atoms with E-state index in [4.69, 9.17) is 10.5 Å². The maximum Gasteiger partial charge on any atom is 0.128 e. The molecule has 4 heteroatoms. The van der Waals surface area contributed by atoms with Crippen molar-refractivity contribution in [3.63, 3.8) is 0 Å². The number of benzene rings is 1. The van der Waals surface area contributed by atoms with Crippen molar-refractivity contribution in [2.75, 3.05) is 19.4 Å². The molecule has 110 valence electrons. The third kappa shape index (κ3) is 2.47. The number of nitrogens with zero attached hydrogens (tertiary/aromatic N) is 1. The molecule has 3 rings (SSSR count). The number of rotatable bonds is 3. The first-order valence-corrected chi connectivity index (χ1v) is 7.32. The van der Waals surface area contributed by atoms with Crippen molar-refractivity contribution in [1.82, 2.24) is 10.3 Å². The largest absolute Gasteiger partial charge is 0.493 e. The molecule has 2 unspecified atom stereocenters. The number of aryl methyl sites for hydroxylation is 1. The molecule has 2 heterocycles. The molecule has 2 aromatic rings. The van der Waals surface area contributed by atoms with Gasteiger partial charge in [-0.25, -0.2) is 4.98 Å². The number of pyridine rings is 1. The molecule has 0 saturated carbocycles. The molecule has 0 spiro atoms. The number of hydrogen-bond donors (Lipinski definition) is 2. The number of anilines is 1. The van der Waals surface area contributed by atoms with Crippen LogP contribution < -0.4 is 15.8 Å². The Kier molecular flexibility index (Phi) is 3.80. The van der Waals surface area contributed by atoms with E-state index in [1.807, 2.05) is 25.2 Å². The van der Waals surface area contributed by atoms with E-state index in [0.29, 0.717) is 11.7 Å². The van der Waals surface area contributed by atoms with Crippen LogP contribution in [-0.2, 0) is 0 Å². The highest BCUT2D eigenvalue weighted by molar-refractivity contribution is 5.49. The number of para-hydroxylation sites is 1. The lowest BCUT2D eigenvalue weighted by atomic mass is 9.82. The number of ether oxygens (including phenoxy) is 1. The van der Waals surface area contributed by atoms with Crippen LogP contribution in [0.15, 0.2) is 36.5 Å². The zero-order chi connectivity index (χ0) is 14.8. The van der Waals surface area contributed by atoms with Crippen molar-refractivity contribution in [2.45, 2.75) is 25.3 Å². The predicted molar refractivity (Wildman–Crippen MR) is 84.5 cm³/mol. The lowest BCUT2D eigenvalue weighted by Crippen LogP contribution is -2.29. The molecular weight excluding hydrogens is 262 g/mol. The summed E-state index contributed by atoms with van der Waals surface area (Å²) >= 11 is 0. The van der Waals surface area contributed by atoms with Crippen LogP contribution in [0.25, 0.3) is 0 Å². The summed E-state index contributed by atoms with van der Waals surface area (Å²) in [5.41, 5.74) is 9.65. The Labute approximate surface area is 125 Å². The quantitative estimate of drug-likeness (QED) is 0.909. The van der Waals surface area contributed by atoms with Crippen LogP contribution >= 0.6 is 0 Å². The summed E-state index contributed by atoms with van der Waals surface area (Å²) in [4.78, 5) is 4.27. The number of fused-ring (bicyclic) bond motifs is 1. The van der Waals surface area contributed by atoms with Gasteiger partial charge in [0.2, 0.25) is 0 Å². The fourth-order valence-electron chi connectivity index (χ4n) is 3.26. The summed E-state index contributed by atoms with van der Waals surface area (Å²) in [6.45, 7) is 2.82. The predicted octanol–water partition coefficient (Wildman–Crippen LogP) is 2.80. The molecule has 1 aliphatic heterocycles. The van der Waals surface area contributed by atoms with Crippen LogP contribution in [0.4, 0.5) is 5.82 Å². The van der Waals surface area contributed by atoms with Crippen LogP contribution in [0.3, 0.4) is 0 Å². The van der Waals surface area contributed by atoms with Gasteiger partial charge in [0, 0.05) is 23.7 Å². The second kappa shape index (κ2) is 5.74. The van der Waals surface area contributed by atoms with Gasteiger partial charge in [0.1, 0.15) is 11.6 Å². The van der Waals surface area contributed by atoms with E-state index in [-0.39, 0.29) is 6.04 Å². The monoisotopic (exact) mass is 283 g/mol. The molecule has 0 bridgehead atoms. The lowest BCUT2D eigenvalue weighted by Gasteiger charge is -2.33. The highest BCUT2D eigenvalue weighted by Gasteiger charge is 2.31. The van der Waals surface area contributed by atoms with Crippen LogP contribution in [0, 0.1) is 6.92 Å². The molecule has 0 amide bonds. The molecule has 0 saturated heterocycles. The van der Waals surface area contributed by atoms with Crippen molar-refractivity contribution < 1.29 is 4.74 Å².